The number of hydrogen-bond acceptors (Lipinski definition) is 2. The van der Waals surface area contributed by atoms with Crippen molar-refractivity contribution in [3.63, 3.8) is 0 Å². The van der Waals surface area contributed by atoms with Crippen LogP contribution in [-0.4, -0.2) is 5.91 Å². The third-order valence-electron chi connectivity index (χ3n) is 5.51. The van der Waals surface area contributed by atoms with Crippen molar-refractivity contribution in [1.82, 2.24) is 5.32 Å². The Hall–Kier alpha value is -2.00. The Morgan fingerprint density at radius 1 is 1.16 bits per heavy atom. The van der Waals surface area contributed by atoms with Crippen LogP contribution >= 0.6 is 12.4 Å². The molecule has 2 aromatic carbocycles. The first-order valence-corrected chi connectivity index (χ1v) is 8.87. The van der Waals surface area contributed by atoms with E-state index in [1.807, 2.05) is 6.07 Å². The number of amides is 1. The number of nitrogens with one attached hydrogen (secondary N) is 1. The molecule has 3 atom stereocenters. The van der Waals surface area contributed by atoms with Gasteiger partial charge in [0.05, 0.1) is 6.04 Å². The third kappa shape index (κ3) is 3.52. The van der Waals surface area contributed by atoms with Crippen LogP contribution in [0.4, 0.5) is 5.69 Å². The number of hydrogen-bond donors (Lipinski definition) is 2. The molecule has 0 bridgehead atoms. The van der Waals surface area contributed by atoms with Gasteiger partial charge in [-0.3, -0.25) is 4.79 Å². The van der Waals surface area contributed by atoms with Gasteiger partial charge in [-0.05, 0) is 72.9 Å². The van der Waals surface area contributed by atoms with Crippen molar-refractivity contribution in [1.29, 1.82) is 0 Å². The lowest BCUT2D eigenvalue weighted by molar-refractivity contribution is -0.123. The van der Waals surface area contributed by atoms with Gasteiger partial charge < -0.3 is 11.1 Å². The molecule has 1 saturated carbocycles. The molecule has 2 aromatic rings. The Labute approximate surface area is 155 Å². The largest absolute Gasteiger partial charge is 0.399 e. The number of rotatable bonds is 3. The smallest absolute Gasteiger partial charge is 0.224 e. The van der Waals surface area contributed by atoms with E-state index in [4.69, 9.17) is 5.73 Å². The molecule has 3 N–H and O–H groups in total. The monoisotopic (exact) mass is 356 g/mol. The normalized spacial score (nSPS) is 24.0. The van der Waals surface area contributed by atoms with Crippen molar-refractivity contribution in [2.45, 2.75) is 44.6 Å². The second-order valence-electron chi connectivity index (χ2n) is 7.22. The van der Waals surface area contributed by atoms with E-state index in [2.05, 4.69) is 48.6 Å². The average molecular weight is 357 g/mol. The molecule has 1 fully saturated rings. The van der Waals surface area contributed by atoms with Crippen molar-refractivity contribution >= 4 is 24.0 Å². The molecule has 4 heteroatoms. The zero-order valence-electron chi connectivity index (χ0n) is 14.5. The quantitative estimate of drug-likeness (QED) is 0.806. The number of fused-ring (bicyclic) bond motifs is 1. The summed E-state index contributed by atoms with van der Waals surface area (Å²) >= 11 is 0. The summed E-state index contributed by atoms with van der Waals surface area (Å²) in [6.07, 6.45) is 4.15. The Kier molecular flexibility index (Phi) is 5.05. The Morgan fingerprint density at radius 3 is 2.76 bits per heavy atom. The molecular weight excluding hydrogens is 332 g/mol. The fraction of sp³-hybridized carbons (Fsp3) is 0.381. The fourth-order valence-corrected chi connectivity index (χ4v) is 4.09. The highest BCUT2D eigenvalue weighted by Crippen LogP contribution is 2.49. The summed E-state index contributed by atoms with van der Waals surface area (Å²) in [5.41, 5.74) is 11.9. The highest BCUT2D eigenvalue weighted by Gasteiger charge is 2.45. The molecule has 0 aliphatic heterocycles. The molecule has 3 unspecified atom stereocenters. The third-order valence-corrected chi connectivity index (χ3v) is 5.51. The van der Waals surface area contributed by atoms with Gasteiger partial charge in [-0.1, -0.05) is 30.3 Å². The summed E-state index contributed by atoms with van der Waals surface area (Å²) in [4.78, 5) is 12.7. The molecule has 0 radical (unpaired) electrons. The Bertz CT molecular complexity index is 789. The molecule has 0 spiro atoms. The minimum atomic E-state index is 0. The van der Waals surface area contributed by atoms with Gasteiger partial charge in [0.25, 0.3) is 0 Å². The fourth-order valence-electron chi connectivity index (χ4n) is 4.09. The minimum absolute atomic E-state index is 0. The molecule has 1 amide bonds. The second-order valence-corrected chi connectivity index (χ2v) is 7.22. The topological polar surface area (TPSA) is 55.1 Å². The number of carbonyl (C=O) groups is 1. The molecule has 0 aromatic heterocycles. The highest BCUT2D eigenvalue weighted by atomic mass is 35.5. The van der Waals surface area contributed by atoms with Gasteiger partial charge in [0, 0.05) is 11.6 Å². The summed E-state index contributed by atoms with van der Waals surface area (Å²) in [5, 5.41) is 3.30. The number of carbonyl (C=O) groups excluding carboxylic acids is 1. The highest BCUT2D eigenvalue weighted by molar-refractivity contribution is 5.85. The molecular formula is C21H25ClN2O. The van der Waals surface area contributed by atoms with E-state index in [1.54, 1.807) is 0 Å². The van der Waals surface area contributed by atoms with Gasteiger partial charge in [-0.25, -0.2) is 0 Å². The van der Waals surface area contributed by atoms with Crippen LogP contribution < -0.4 is 11.1 Å². The van der Waals surface area contributed by atoms with Crippen LogP contribution in [0.3, 0.4) is 0 Å². The van der Waals surface area contributed by atoms with Crippen LogP contribution in [0.15, 0.2) is 42.5 Å². The van der Waals surface area contributed by atoms with Gasteiger partial charge in [-0.2, -0.15) is 0 Å². The second kappa shape index (κ2) is 7.09. The van der Waals surface area contributed by atoms with E-state index in [0.29, 0.717) is 5.92 Å². The van der Waals surface area contributed by atoms with Crippen molar-refractivity contribution < 1.29 is 4.79 Å². The zero-order chi connectivity index (χ0) is 16.7. The first kappa shape index (κ1) is 17.8. The Morgan fingerprint density at radius 2 is 1.96 bits per heavy atom. The van der Waals surface area contributed by atoms with Crippen LogP contribution in [0.2, 0.25) is 0 Å². The zero-order valence-corrected chi connectivity index (χ0v) is 15.3. The lowest BCUT2D eigenvalue weighted by Crippen LogP contribution is -2.32. The number of benzene rings is 2. The van der Waals surface area contributed by atoms with Crippen LogP contribution in [0, 0.1) is 12.8 Å². The first-order valence-electron chi connectivity index (χ1n) is 8.87. The van der Waals surface area contributed by atoms with Gasteiger partial charge in [0.1, 0.15) is 0 Å². The van der Waals surface area contributed by atoms with E-state index in [9.17, 15) is 4.79 Å². The van der Waals surface area contributed by atoms with E-state index < -0.39 is 0 Å². The van der Waals surface area contributed by atoms with E-state index in [1.165, 1.54) is 22.3 Å². The number of aryl methyl sites for hydroxylation is 2. The van der Waals surface area contributed by atoms with Gasteiger partial charge >= 0.3 is 0 Å². The maximum absolute atomic E-state index is 12.7. The maximum Gasteiger partial charge on any atom is 0.224 e. The summed E-state index contributed by atoms with van der Waals surface area (Å²) in [6, 6.07) is 14.6. The molecule has 2 aliphatic carbocycles. The van der Waals surface area contributed by atoms with Crippen LogP contribution in [0.5, 0.6) is 0 Å². The predicted molar refractivity (Wildman–Crippen MR) is 104 cm³/mol. The van der Waals surface area contributed by atoms with Crippen molar-refractivity contribution in [2.75, 3.05) is 5.73 Å². The standard InChI is InChI=1S/C21H24N2O.ClH/c1-13-5-2-3-7-16(13)18-12-19(18)21(24)23-20-8-4-6-14-11-15(22)9-10-17(14)20;/h2-3,5,7,9-11,18-20H,4,6,8,12,22H2,1H3,(H,23,24);1H. The molecule has 0 heterocycles. The van der Waals surface area contributed by atoms with Crippen LogP contribution in [0.25, 0.3) is 0 Å². The molecule has 4 rings (SSSR count). The van der Waals surface area contributed by atoms with E-state index in [-0.39, 0.29) is 30.3 Å². The van der Waals surface area contributed by atoms with E-state index >= 15 is 0 Å². The van der Waals surface area contributed by atoms with Gasteiger partial charge in [-0.15, -0.1) is 12.4 Å². The molecule has 132 valence electrons. The van der Waals surface area contributed by atoms with Crippen LogP contribution in [-0.2, 0) is 11.2 Å². The molecule has 3 nitrogen and oxygen atoms in total. The summed E-state index contributed by atoms with van der Waals surface area (Å²) in [6.45, 7) is 2.13. The lowest BCUT2D eigenvalue weighted by atomic mass is 9.87. The number of halogens is 1. The SMILES string of the molecule is Cc1ccccc1C1CC1C(=O)NC1CCCc2cc(N)ccc21.Cl. The average Bonchev–Trinajstić information content (AvgIpc) is 3.36. The van der Waals surface area contributed by atoms with Gasteiger partial charge in [0.15, 0.2) is 0 Å². The molecule has 25 heavy (non-hydrogen) atoms. The van der Waals surface area contributed by atoms with Crippen molar-refractivity contribution in [2.24, 2.45) is 5.92 Å². The maximum atomic E-state index is 12.7. The summed E-state index contributed by atoms with van der Waals surface area (Å²) in [5.74, 6) is 0.726. The molecule has 2 aliphatic rings. The van der Waals surface area contributed by atoms with Crippen molar-refractivity contribution in [3.05, 3.63) is 64.7 Å². The van der Waals surface area contributed by atoms with E-state index in [0.717, 1.165) is 31.4 Å². The summed E-state index contributed by atoms with van der Waals surface area (Å²) < 4.78 is 0. The first-order chi connectivity index (χ1) is 11.6. The number of nitrogens with two attached hydrogens (primary N) is 1. The lowest BCUT2D eigenvalue weighted by Gasteiger charge is -2.27. The predicted octanol–water partition coefficient (Wildman–Crippen LogP) is 4.30. The molecule has 0 saturated heterocycles. The van der Waals surface area contributed by atoms with Crippen molar-refractivity contribution in [3.8, 4) is 0 Å². The Balaban J connectivity index is 0.00000182. The van der Waals surface area contributed by atoms with Gasteiger partial charge in [0.2, 0.25) is 5.91 Å². The minimum Gasteiger partial charge on any atom is -0.399 e. The van der Waals surface area contributed by atoms with Crippen LogP contribution in [0.1, 0.15) is 53.5 Å². The number of anilines is 1. The summed E-state index contributed by atoms with van der Waals surface area (Å²) in [7, 11) is 0. The number of nitrogen functional groups attached to an aromatic ring is 1.